The number of hydrogen-bond acceptors (Lipinski definition) is 3. The van der Waals surface area contributed by atoms with Crippen molar-refractivity contribution in [2.75, 3.05) is 4.90 Å². The normalized spacial score (nSPS) is 27.1. The first kappa shape index (κ1) is 22.6. The molecule has 37 heavy (non-hydrogen) atoms. The molecule has 2 amide bonds. The number of benzene rings is 4. The number of anilines is 1. The minimum absolute atomic E-state index is 0.341. The van der Waals surface area contributed by atoms with Crippen LogP contribution >= 0.6 is 23.2 Å². The maximum Gasteiger partial charge on any atom is 0.240 e. The van der Waals surface area contributed by atoms with Crippen LogP contribution in [0.1, 0.15) is 27.8 Å². The predicted molar refractivity (Wildman–Crippen MR) is 143 cm³/mol. The molecule has 0 spiro atoms. The molecule has 0 saturated carbocycles. The molecule has 6 heteroatoms. The second kappa shape index (κ2) is 7.70. The molecule has 0 aromatic heterocycles. The molecule has 2 bridgehead atoms. The maximum absolute atomic E-state index is 14.1. The number of imide groups is 1. The Morgan fingerprint density at radius 3 is 1.59 bits per heavy atom. The highest BCUT2D eigenvalue weighted by atomic mass is 35.5. The molecule has 8 rings (SSSR count). The number of rotatable bonds is 3. The third-order valence-electron chi connectivity index (χ3n) is 7.91. The first-order valence-electron chi connectivity index (χ1n) is 12.2. The molecule has 0 radical (unpaired) electrons. The molecule has 0 N–H and O–H groups in total. The van der Waals surface area contributed by atoms with Crippen molar-refractivity contribution in [3.8, 4) is 11.5 Å². The highest BCUT2D eigenvalue weighted by Gasteiger charge is 2.73. The summed E-state index contributed by atoms with van der Waals surface area (Å²) < 4.78 is 5.96. The van der Waals surface area contributed by atoms with Gasteiger partial charge in [-0.2, -0.15) is 0 Å². The Morgan fingerprint density at radius 2 is 1.14 bits per heavy atom. The minimum atomic E-state index is -1.19. The Hall–Kier alpha value is -3.60. The summed E-state index contributed by atoms with van der Waals surface area (Å²) in [6, 6.07) is 30.0. The van der Waals surface area contributed by atoms with E-state index in [1.54, 1.807) is 24.3 Å². The smallest absolute Gasteiger partial charge is 0.240 e. The summed E-state index contributed by atoms with van der Waals surface area (Å²) in [4.78, 5) is 27.0. The zero-order valence-electron chi connectivity index (χ0n) is 19.8. The molecule has 4 aliphatic rings. The van der Waals surface area contributed by atoms with Crippen LogP contribution in [0, 0.1) is 18.8 Å². The zero-order chi connectivity index (χ0) is 25.5. The summed E-state index contributed by atoms with van der Waals surface area (Å²) >= 11 is 15.0. The van der Waals surface area contributed by atoms with Gasteiger partial charge in [0, 0.05) is 0 Å². The van der Waals surface area contributed by atoms with Crippen molar-refractivity contribution in [1.29, 1.82) is 0 Å². The highest BCUT2D eigenvalue weighted by molar-refractivity contribution is 6.38. The molecule has 4 nitrogen and oxygen atoms in total. The zero-order valence-corrected chi connectivity index (χ0v) is 21.3. The molecule has 1 fully saturated rings. The number of nitrogens with zero attached hydrogens (tertiary/aromatic N) is 1. The molecule has 2 atom stereocenters. The Kier molecular flexibility index (Phi) is 4.70. The van der Waals surface area contributed by atoms with Gasteiger partial charge in [0.25, 0.3) is 0 Å². The Balaban J connectivity index is 1.32. The number of alkyl halides is 2. The molecular formula is C31H21Cl2NO3. The van der Waals surface area contributed by atoms with Crippen molar-refractivity contribution in [3.63, 3.8) is 0 Å². The molecule has 1 heterocycles. The lowest BCUT2D eigenvalue weighted by Crippen LogP contribution is -2.57. The van der Waals surface area contributed by atoms with Gasteiger partial charge in [-0.1, -0.05) is 60.7 Å². The van der Waals surface area contributed by atoms with E-state index in [4.69, 9.17) is 27.9 Å². The number of carbonyl (C=O) groups is 2. The van der Waals surface area contributed by atoms with Gasteiger partial charge in [-0.25, -0.2) is 4.90 Å². The minimum Gasteiger partial charge on any atom is -0.457 e. The van der Waals surface area contributed by atoms with Gasteiger partial charge in [-0.3, -0.25) is 9.59 Å². The van der Waals surface area contributed by atoms with Gasteiger partial charge in [0.2, 0.25) is 11.8 Å². The fourth-order valence-electron chi connectivity index (χ4n) is 6.40. The van der Waals surface area contributed by atoms with Gasteiger partial charge in [0.05, 0.1) is 17.5 Å². The molecule has 1 aliphatic heterocycles. The molecule has 4 aromatic carbocycles. The summed E-state index contributed by atoms with van der Waals surface area (Å²) in [5.41, 5.74) is 4.71. The van der Waals surface area contributed by atoms with Crippen molar-refractivity contribution < 1.29 is 14.3 Å². The number of hydrogen-bond donors (Lipinski definition) is 0. The van der Waals surface area contributed by atoms with Crippen molar-refractivity contribution >= 4 is 40.7 Å². The summed E-state index contributed by atoms with van der Waals surface area (Å²) in [5.74, 6) is -1.02. The summed E-state index contributed by atoms with van der Waals surface area (Å²) in [6.45, 7) is 2.00. The van der Waals surface area contributed by atoms with E-state index in [2.05, 4.69) is 0 Å². The second-order valence-corrected chi connectivity index (χ2v) is 11.1. The van der Waals surface area contributed by atoms with E-state index < -0.39 is 21.6 Å². The van der Waals surface area contributed by atoms with Gasteiger partial charge >= 0.3 is 0 Å². The summed E-state index contributed by atoms with van der Waals surface area (Å²) in [7, 11) is 0. The maximum atomic E-state index is 14.1. The Morgan fingerprint density at radius 1 is 0.649 bits per heavy atom. The summed E-state index contributed by atoms with van der Waals surface area (Å²) in [6.07, 6.45) is 0. The average Bonchev–Trinajstić information content (AvgIpc) is 3.19. The monoisotopic (exact) mass is 525 g/mol. The molecular weight excluding hydrogens is 505 g/mol. The van der Waals surface area contributed by atoms with Crippen molar-refractivity contribution in [2.45, 2.75) is 16.7 Å². The highest BCUT2D eigenvalue weighted by Crippen LogP contribution is 2.69. The van der Waals surface area contributed by atoms with Gasteiger partial charge in [-0.15, -0.1) is 23.2 Å². The number of aryl methyl sites for hydroxylation is 1. The molecule has 1 saturated heterocycles. The van der Waals surface area contributed by atoms with E-state index in [1.165, 1.54) is 4.90 Å². The summed E-state index contributed by atoms with van der Waals surface area (Å²) in [5, 5.41) is 0. The first-order chi connectivity index (χ1) is 17.8. The number of amides is 2. The van der Waals surface area contributed by atoms with E-state index in [-0.39, 0.29) is 11.8 Å². The Bertz CT molecular complexity index is 1490. The van der Waals surface area contributed by atoms with Crippen LogP contribution in [-0.2, 0) is 19.3 Å². The fraction of sp³-hybridized carbons (Fsp3) is 0.161. The molecule has 182 valence electrons. The third kappa shape index (κ3) is 2.86. The number of ether oxygens (including phenoxy) is 1. The quantitative estimate of drug-likeness (QED) is 0.216. The van der Waals surface area contributed by atoms with E-state index >= 15 is 0 Å². The number of halogens is 2. The van der Waals surface area contributed by atoms with Crippen LogP contribution in [-0.4, -0.2) is 11.8 Å². The fourth-order valence-corrected chi connectivity index (χ4v) is 7.50. The average molecular weight is 526 g/mol. The SMILES string of the molecule is Cc1cccc(Oc2ccc(N3C(=O)[C@@H]4[C@H](C3=O)C3(Cl)c5ccccc5C4(Cl)c4ccccc43)cc2)c1. The number of carbonyl (C=O) groups excluding carboxylic acids is 2. The van der Waals surface area contributed by atoms with Crippen LogP contribution in [0.15, 0.2) is 97.1 Å². The third-order valence-corrected chi connectivity index (χ3v) is 9.19. The standard InChI is InChI=1S/C31H21Cl2NO3/c1-18-7-6-8-21(17-18)37-20-15-13-19(14-16-20)34-28(35)26-27(29(34)36)31(33)23-10-3-2-9-22(23)30(26,32)24-11-4-5-12-25(24)31/h2-17,26-27H,1H3/t26-,27+,30?,31?. The molecule has 4 aromatic rings. The largest absolute Gasteiger partial charge is 0.457 e. The molecule has 3 aliphatic carbocycles. The van der Waals surface area contributed by atoms with Gasteiger partial charge in [0.1, 0.15) is 21.2 Å². The van der Waals surface area contributed by atoms with E-state index in [0.717, 1.165) is 27.8 Å². The lowest BCUT2D eigenvalue weighted by atomic mass is 9.54. The van der Waals surface area contributed by atoms with Gasteiger partial charge in [0.15, 0.2) is 0 Å². The van der Waals surface area contributed by atoms with Crippen molar-refractivity contribution in [2.24, 2.45) is 11.8 Å². The second-order valence-electron chi connectivity index (χ2n) is 9.89. The van der Waals surface area contributed by atoms with Gasteiger partial charge in [-0.05, 0) is 71.1 Å². The van der Waals surface area contributed by atoms with Crippen LogP contribution in [0.5, 0.6) is 11.5 Å². The van der Waals surface area contributed by atoms with Crippen LogP contribution < -0.4 is 9.64 Å². The van der Waals surface area contributed by atoms with E-state index in [0.29, 0.717) is 17.2 Å². The lowest BCUT2D eigenvalue weighted by Gasteiger charge is -2.54. The van der Waals surface area contributed by atoms with Crippen molar-refractivity contribution in [1.82, 2.24) is 0 Å². The van der Waals surface area contributed by atoms with E-state index in [1.807, 2.05) is 79.7 Å². The van der Waals surface area contributed by atoms with Crippen LogP contribution in [0.3, 0.4) is 0 Å². The van der Waals surface area contributed by atoms with Crippen LogP contribution in [0.25, 0.3) is 0 Å². The predicted octanol–water partition coefficient (Wildman–Crippen LogP) is 6.88. The van der Waals surface area contributed by atoms with Gasteiger partial charge < -0.3 is 4.74 Å². The molecule has 0 unspecified atom stereocenters. The first-order valence-corrected chi connectivity index (χ1v) is 12.9. The lowest BCUT2D eigenvalue weighted by molar-refractivity contribution is -0.122. The van der Waals surface area contributed by atoms with Crippen LogP contribution in [0.4, 0.5) is 5.69 Å². The Labute approximate surface area is 224 Å². The van der Waals surface area contributed by atoms with Crippen LogP contribution in [0.2, 0.25) is 0 Å². The van der Waals surface area contributed by atoms with Crippen molar-refractivity contribution in [3.05, 3.63) is 125 Å². The van der Waals surface area contributed by atoms with E-state index in [9.17, 15) is 9.59 Å². The topological polar surface area (TPSA) is 46.6 Å².